The van der Waals surface area contributed by atoms with Gasteiger partial charge in [-0.3, -0.25) is 0 Å². The highest BCUT2D eigenvalue weighted by Crippen LogP contribution is 2.27. The van der Waals surface area contributed by atoms with E-state index in [1.54, 1.807) is 0 Å². The van der Waals surface area contributed by atoms with Crippen LogP contribution in [0.3, 0.4) is 0 Å². The van der Waals surface area contributed by atoms with Crippen LogP contribution in [0.1, 0.15) is 19.4 Å². The molecule has 1 aromatic rings. The Morgan fingerprint density at radius 2 is 2.00 bits per heavy atom. The Morgan fingerprint density at radius 1 is 1.14 bits per heavy atom. The molecule has 0 spiro atoms. The van der Waals surface area contributed by atoms with Crippen molar-refractivity contribution in [3.05, 3.63) is 23.8 Å². The molecule has 0 amide bonds. The monoisotopic (exact) mass is 288 g/mol. The molecule has 2 aliphatic rings. The molecular formula is C17H28N4. The van der Waals surface area contributed by atoms with E-state index in [9.17, 15) is 0 Å². The molecule has 0 aliphatic carbocycles. The number of benzene rings is 1. The van der Waals surface area contributed by atoms with Gasteiger partial charge in [-0.1, -0.05) is 0 Å². The van der Waals surface area contributed by atoms with E-state index >= 15 is 0 Å². The number of nitrogens with one attached hydrogen (secondary N) is 2. The molecule has 2 atom stereocenters. The molecule has 21 heavy (non-hydrogen) atoms. The first-order valence-corrected chi connectivity index (χ1v) is 8.21. The zero-order chi connectivity index (χ0) is 14.8. The Labute approximate surface area is 128 Å². The summed E-state index contributed by atoms with van der Waals surface area (Å²) in [6.45, 7) is 13.4. The average molecular weight is 288 g/mol. The molecule has 2 fully saturated rings. The number of hydrogen-bond acceptors (Lipinski definition) is 4. The fraction of sp³-hybridized carbons (Fsp3) is 0.647. The van der Waals surface area contributed by atoms with Crippen molar-refractivity contribution in [3.8, 4) is 0 Å². The Bertz CT molecular complexity index is 488. The number of aryl methyl sites for hydroxylation is 1. The summed E-state index contributed by atoms with van der Waals surface area (Å²) in [5, 5.41) is 6.97. The standard InChI is InChI=1S/C17H28N4/c1-13-10-16(21-9-6-18-11-15(21)3)4-5-17(13)20-8-7-19-14(2)12-20/h4-5,10,14-15,18-19H,6-9,11-12H2,1-3H3/t14-,15+/m1/s1. The van der Waals surface area contributed by atoms with Crippen LogP contribution < -0.4 is 20.4 Å². The molecule has 4 heteroatoms. The quantitative estimate of drug-likeness (QED) is 0.865. The van der Waals surface area contributed by atoms with E-state index in [-0.39, 0.29) is 0 Å². The summed E-state index contributed by atoms with van der Waals surface area (Å²) in [6, 6.07) is 8.13. The van der Waals surface area contributed by atoms with E-state index in [0.717, 1.165) is 39.3 Å². The van der Waals surface area contributed by atoms with Crippen molar-refractivity contribution in [2.45, 2.75) is 32.9 Å². The highest BCUT2D eigenvalue weighted by molar-refractivity contribution is 5.62. The molecule has 116 valence electrons. The van der Waals surface area contributed by atoms with Gasteiger partial charge in [-0.25, -0.2) is 0 Å². The van der Waals surface area contributed by atoms with Gasteiger partial charge < -0.3 is 20.4 Å². The summed E-state index contributed by atoms with van der Waals surface area (Å²) >= 11 is 0. The van der Waals surface area contributed by atoms with Crippen molar-refractivity contribution < 1.29 is 0 Å². The maximum absolute atomic E-state index is 3.51. The third-order valence-corrected chi connectivity index (χ3v) is 4.72. The zero-order valence-electron chi connectivity index (χ0n) is 13.5. The molecule has 2 saturated heterocycles. The van der Waals surface area contributed by atoms with Gasteiger partial charge in [-0.2, -0.15) is 0 Å². The molecule has 0 bridgehead atoms. The summed E-state index contributed by atoms with van der Waals surface area (Å²) in [5.41, 5.74) is 4.16. The van der Waals surface area contributed by atoms with Gasteiger partial charge in [0.25, 0.3) is 0 Å². The molecule has 2 heterocycles. The lowest BCUT2D eigenvalue weighted by atomic mass is 10.1. The average Bonchev–Trinajstić information content (AvgIpc) is 2.47. The predicted molar refractivity (Wildman–Crippen MR) is 90.5 cm³/mol. The van der Waals surface area contributed by atoms with Crippen LogP contribution >= 0.6 is 0 Å². The third kappa shape index (κ3) is 3.16. The third-order valence-electron chi connectivity index (χ3n) is 4.72. The Balaban J connectivity index is 1.79. The SMILES string of the molecule is Cc1cc(N2CCNC[C@@H]2C)ccc1N1CCN[C@H](C)C1. The van der Waals surface area contributed by atoms with Crippen LogP contribution in [0, 0.1) is 6.92 Å². The van der Waals surface area contributed by atoms with Crippen molar-refractivity contribution in [1.29, 1.82) is 0 Å². The minimum Gasteiger partial charge on any atom is -0.368 e. The van der Waals surface area contributed by atoms with Crippen molar-refractivity contribution in [1.82, 2.24) is 10.6 Å². The molecule has 2 aliphatic heterocycles. The molecular weight excluding hydrogens is 260 g/mol. The van der Waals surface area contributed by atoms with Gasteiger partial charge in [-0.15, -0.1) is 0 Å². The molecule has 0 unspecified atom stereocenters. The minimum atomic E-state index is 0.572. The van der Waals surface area contributed by atoms with Gasteiger partial charge in [0, 0.05) is 62.7 Å². The Kier molecular flexibility index (Phi) is 4.36. The van der Waals surface area contributed by atoms with Crippen LogP contribution in [0.2, 0.25) is 0 Å². The second kappa shape index (κ2) is 6.24. The van der Waals surface area contributed by atoms with Crippen LogP contribution in [-0.4, -0.2) is 51.4 Å². The first-order chi connectivity index (χ1) is 10.1. The molecule has 0 aromatic heterocycles. The Morgan fingerprint density at radius 3 is 2.71 bits per heavy atom. The summed E-state index contributed by atoms with van der Waals surface area (Å²) < 4.78 is 0. The van der Waals surface area contributed by atoms with E-state index in [0.29, 0.717) is 12.1 Å². The maximum Gasteiger partial charge on any atom is 0.0398 e. The summed E-state index contributed by atoms with van der Waals surface area (Å²) in [5.74, 6) is 0. The molecule has 0 radical (unpaired) electrons. The normalized spacial score (nSPS) is 27.0. The first-order valence-electron chi connectivity index (χ1n) is 8.21. The van der Waals surface area contributed by atoms with E-state index in [4.69, 9.17) is 0 Å². The number of anilines is 2. The Hall–Kier alpha value is -1.26. The van der Waals surface area contributed by atoms with Gasteiger partial charge in [0.05, 0.1) is 0 Å². The largest absolute Gasteiger partial charge is 0.368 e. The van der Waals surface area contributed by atoms with Gasteiger partial charge >= 0.3 is 0 Å². The molecule has 0 saturated carbocycles. The maximum atomic E-state index is 3.51. The van der Waals surface area contributed by atoms with Gasteiger partial charge in [0.2, 0.25) is 0 Å². The number of hydrogen-bond donors (Lipinski definition) is 2. The van der Waals surface area contributed by atoms with Gasteiger partial charge in [0.1, 0.15) is 0 Å². The van der Waals surface area contributed by atoms with E-state index in [1.807, 2.05) is 0 Å². The van der Waals surface area contributed by atoms with Crippen LogP contribution in [0.25, 0.3) is 0 Å². The van der Waals surface area contributed by atoms with Crippen LogP contribution in [0.4, 0.5) is 11.4 Å². The lowest BCUT2D eigenvalue weighted by Gasteiger charge is -2.37. The van der Waals surface area contributed by atoms with Crippen LogP contribution in [0.5, 0.6) is 0 Å². The van der Waals surface area contributed by atoms with Crippen molar-refractivity contribution >= 4 is 11.4 Å². The number of piperazine rings is 2. The fourth-order valence-corrected chi connectivity index (χ4v) is 3.55. The van der Waals surface area contributed by atoms with E-state index < -0.39 is 0 Å². The van der Waals surface area contributed by atoms with E-state index in [2.05, 4.69) is 59.4 Å². The second-order valence-corrected chi connectivity index (χ2v) is 6.52. The summed E-state index contributed by atoms with van der Waals surface area (Å²) in [7, 11) is 0. The highest BCUT2D eigenvalue weighted by atomic mass is 15.2. The van der Waals surface area contributed by atoms with Crippen molar-refractivity contribution in [3.63, 3.8) is 0 Å². The lowest BCUT2D eigenvalue weighted by Crippen LogP contribution is -2.50. The van der Waals surface area contributed by atoms with Crippen LogP contribution in [-0.2, 0) is 0 Å². The predicted octanol–water partition coefficient (Wildman–Crippen LogP) is 1.59. The minimum absolute atomic E-state index is 0.572. The molecule has 3 rings (SSSR count). The number of rotatable bonds is 2. The summed E-state index contributed by atoms with van der Waals surface area (Å²) in [6.07, 6.45) is 0. The summed E-state index contributed by atoms with van der Waals surface area (Å²) in [4.78, 5) is 5.04. The lowest BCUT2D eigenvalue weighted by molar-refractivity contribution is 0.484. The van der Waals surface area contributed by atoms with Crippen molar-refractivity contribution in [2.75, 3.05) is 49.1 Å². The topological polar surface area (TPSA) is 30.5 Å². The zero-order valence-corrected chi connectivity index (χ0v) is 13.5. The van der Waals surface area contributed by atoms with Crippen LogP contribution in [0.15, 0.2) is 18.2 Å². The van der Waals surface area contributed by atoms with Gasteiger partial charge in [-0.05, 0) is 44.5 Å². The van der Waals surface area contributed by atoms with Gasteiger partial charge in [0.15, 0.2) is 0 Å². The molecule has 1 aromatic carbocycles. The first kappa shape index (κ1) is 14.7. The fourth-order valence-electron chi connectivity index (χ4n) is 3.55. The van der Waals surface area contributed by atoms with E-state index in [1.165, 1.54) is 16.9 Å². The smallest absolute Gasteiger partial charge is 0.0398 e. The number of nitrogens with zero attached hydrogens (tertiary/aromatic N) is 2. The highest BCUT2D eigenvalue weighted by Gasteiger charge is 2.21. The molecule has 4 nitrogen and oxygen atoms in total. The second-order valence-electron chi connectivity index (χ2n) is 6.52. The van der Waals surface area contributed by atoms with Crippen molar-refractivity contribution in [2.24, 2.45) is 0 Å². The molecule has 2 N–H and O–H groups in total.